The molecule has 4 nitrogen and oxygen atoms in total. The Labute approximate surface area is 109 Å². The van der Waals surface area contributed by atoms with Crippen LogP contribution in [0.1, 0.15) is 15.2 Å². The lowest BCUT2D eigenvalue weighted by molar-refractivity contribution is -0.123. The van der Waals surface area contributed by atoms with Crippen molar-refractivity contribution in [2.24, 2.45) is 0 Å². The predicted molar refractivity (Wildman–Crippen MR) is 70.9 cm³/mol. The summed E-state index contributed by atoms with van der Waals surface area (Å²) in [6.07, 6.45) is 0. The Balaban J connectivity index is 2.23. The molecule has 2 aromatic rings. The molecule has 0 aliphatic rings. The highest BCUT2D eigenvalue weighted by molar-refractivity contribution is 7.21. The number of nitrogens with one attached hydrogen (secondary N) is 1. The molecule has 0 radical (unpaired) electrons. The van der Waals surface area contributed by atoms with E-state index in [-0.39, 0.29) is 12.5 Å². The SMILES string of the molecule is CNC(=O)COC(=O)c1sc2ccccc2c1C. The second kappa shape index (κ2) is 5.18. The van der Waals surface area contributed by atoms with E-state index in [9.17, 15) is 9.59 Å². The van der Waals surface area contributed by atoms with Crippen LogP contribution in [0.4, 0.5) is 0 Å². The van der Waals surface area contributed by atoms with Crippen molar-refractivity contribution in [1.82, 2.24) is 5.32 Å². The van der Waals surface area contributed by atoms with Crippen molar-refractivity contribution in [2.45, 2.75) is 6.92 Å². The highest BCUT2D eigenvalue weighted by Crippen LogP contribution is 2.30. The normalized spacial score (nSPS) is 10.3. The minimum absolute atomic E-state index is 0.247. The van der Waals surface area contributed by atoms with Crippen molar-refractivity contribution in [3.63, 3.8) is 0 Å². The van der Waals surface area contributed by atoms with E-state index in [4.69, 9.17) is 4.74 Å². The molecular formula is C13H13NO3S. The number of hydrogen-bond donors (Lipinski definition) is 1. The first-order valence-corrected chi connectivity index (χ1v) is 6.31. The monoisotopic (exact) mass is 263 g/mol. The van der Waals surface area contributed by atoms with E-state index in [1.54, 1.807) is 0 Å². The van der Waals surface area contributed by atoms with E-state index in [1.165, 1.54) is 18.4 Å². The van der Waals surface area contributed by atoms with Crippen molar-refractivity contribution in [2.75, 3.05) is 13.7 Å². The third-order valence-corrected chi connectivity index (χ3v) is 3.90. The van der Waals surface area contributed by atoms with Gasteiger partial charge in [-0.1, -0.05) is 18.2 Å². The quantitative estimate of drug-likeness (QED) is 0.863. The number of likely N-dealkylation sites (N-methyl/N-ethyl adjacent to an activating group) is 1. The van der Waals surface area contributed by atoms with Crippen LogP contribution in [0.3, 0.4) is 0 Å². The number of hydrogen-bond acceptors (Lipinski definition) is 4. The van der Waals surface area contributed by atoms with Crippen molar-refractivity contribution >= 4 is 33.3 Å². The number of benzene rings is 1. The number of ether oxygens (including phenoxy) is 1. The molecule has 0 fully saturated rings. The molecule has 94 valence electrons. The molecular weight excluding hydrogens is 250 g/mol. The summed E-state index contributed by atoms with van der Waals surface area (Å²) in [6, 6.07) is 7.79. The molecule has 0 saturated carbocycles. The average Bonchev–Trinajstić information content (AvgIpc) is 2.73. The summed E-state index contributed by atoms with van der Waals surface area (Å²) in [5, 5.41) is 3.45. The summed E-state index contributed by atoms with van der Waals surface area (Å²) in [6.45, 7) is 1.64. The molecule has 1 aromatic carbocycles. The van der Waals surface area contributed by atoms with Gasteiger partial charge in [0.05, 0.1) is 0 Å². The number of amides is 1. The van der Waals surface area contributed by atoms with Gasteiger partial charge in [0.25, 0.3) is 5.91 Å². The van der Waals surface area contributed by atoms with Crippen molar-refractivity contribution in [1.29, 1.82) is 0 Å². The summed E-state index contributed by atoms with van der Waals surface area (Å²) in [5.74, 6) is -0.764. The van der Waals surface area contributed by atoms with Crippen LogP contribution >= 0.6 is 11.3 Å². The lowest BCUT2D eigenvalue weighted by atomic mass is 10.1. The van der Waals surface area contributed by atoms with Gasteiger partial charge in [0.2, 0.25) is 0 Å². The van der Waals surface area contributed by atoms with Gasteiger partial charge in [-0.3, -0.25) is 4.79 Å². The first kappa shape index (κ1) is 12.6. The van der Waals surface area contributed by atoms with E-state index >= 15 is 0 Å². The minimum atomic E-state index is -0.447. The molecule has 0 saturated heterocycles. The number of fused-ring (bicyclic) bond motifs is 1. The lowest BCUT2D eigenvalue weighted by Crippen LogP contribution is -2.25. The molecule has 1 aromatic heterocycles. The fraction of sp³-hybridized carbons (Fsp3) is 0.231. The number of carbonyl (C=O) groups is 2. The van der Waals surface area contributed by atoms with Gasteiger partial charge in [-0.25, -0.2) is 4.79 Å². The second-order valence-corrected chi connectivity index (χ2v) is 4.85. The van der Waals surface area contributed by atoms with Crippen molar-refractivity contribution < 1.29 is 14.3 Å². The van der Waals surface area contributed by atoms with Crippen LogP contribution in [-0.4, -0.2) is 25.5 Å². The number of thiophene rings is 1. The van der Waals surface area contributed by atoms with Crippen LogP contribution in [-0.2, 0) is 9.53 Å². The smallest absolute Gasteiger partial charge is 0.349 e. The van der Waals surface area contributed by atoms with Gasteiger partial charge >= 0.3 is 5.97 Å². The molecule has 1 heterocycles. The molecule has 0 unspecified atom stereocenters. The van der Waals surface area contributed by atoms with Gasteiger partial charge in [0.1, 0.15) is 4.88 Å². The van der Waals surface area contributed by atoms with E-state index in [0.29, 0.717) is 4.88 Å². The Morgan fingerprint density at radius 3 is 2.72 bits per heavy atom. The zero-order valence-corrected chi connectivity index (χ0v) is 11.0. The fourth-order valence-electron chi connectivity index (χ4n) is 1.64. The van der Waals surface area contributed by atoms with Crippen LogP contribution in [0.25, 0.3) is 10.1 Å². The summed E-state index contributed by atoms with van der Waals surface area (Å²) in [5.41, 5.74) is 0.900. The van der Waals surface area contributed by atoms with E-state index in [1.807, 2.05) is 31.2 Å². The Hall–Kier alpha value is -1.88. The molecule has 18 heavy (non-hydrogen) atoms. The Morgan fingerprint density at radius 2 is 2.06 bits per heavy atom. The lowest BCUT2D eigenvalue weighted by Gasteiger charge is -2.02. The summed E-state index contributed by atoms with van der Waals surface area (Å²) in [4.78, 5) is 23.4. The van der Waals surface area contributed by atoms with Crippen LogP contribution in [0, 0.1) is 6.92 Å². The average molecular weight is 263 g/mol. The van der Waals surface area contributed by atoms with Gasteiger partial charge in [0.15, 0.2) is 6.61 Å². The Morgan fingerprint density at radius 1 is 1.33 bits per heavy atom. The van der Waals surface area contributed by atoms with Crippen LogP contribution in [0.5, 0.6) is 0 Å². The van der Waals surface area contributed by atoms with Gasteiger partial charge < -0.3 is 10.1 Å². The predicted octanol–water partition coefficient (Wildman–Crippen LogP) is 2.11. The number of carbonyl (C=O) groups excluding carboxylic acids is 2. The maximum atomic E-state index is 11.9. The van der Waals surface area contributed by atoms with E-state index < -0.39 is 5.97 Å². The zero-order chi connectivity index (χ0) is 13.1. The molecule has 0 bridgehead atoms. The number of esters is 1. The maximum Gasteiger partial charge on any atom is 0.349 e. The highest BCUT2D eigenvalue weighted by Gasteiger charge is 2.17. The maximum absolute atomic E-state index is 11.9. The van der Waals surface area contributed by atoms with E-state index in [2.05, 4.69) is 5.32 Å². The Bertz CT molecular complexity index is 603. The molecule has 1 amide bonds. The summed E-state index contributed by atoms with van der Waals surface area (Å²) < 4.78 is 5.99. The molecule has 2 rings (SSSR count). The Kier molecular flexibility index (Phi) is 3.62. The van der Waals surface area contributed by atoms with Crippen LogP contribution in [0.15, 0.2) is 24.3 Å². The van der Waals surface area contributed by atoms with Gasteiger partial charge in [0, 0.05) is 11.7 Å². The van der Waals surface area contributed by atoms with Crippen molar-refractivity contribution in [3.8, 4) is 0 Å². The number of rotatable bonds is 3. The summed E-state index contributed by atoms with van der Waals surface area (Å²) in [7, 11) is 1.50. The largest absolute Gasteiger partial charge is 0.451 e. The van der Waals surface area contributed by atoms with Crippen molar-refractivity contribution in [3.05, 3.63) is 34.7 Å². The molecule has 0 spiro atoms. The minimum Gasteiger partial charge on any atom is -0.451 e. The molecule has 0 aliphatic heterocycles. The van der Waals surface area contributed by atoms with Gasteiger partial charge in [-0.2, -0.15) is 0 Å². The molecule has 0 atom stereocenters. The topological polar surface area (TPSA) is 55.4 Å². The standard InChI is InChI=1S/C13H13NO3S/c1-8-9-5-3-4-6-10(9)18-12(8)13(16)17-7-11(15)14-2/h3-6H,7H2,1-2H3,(H,14,15). The zero-order valence-electron chi connectivity index (χ0n) is 10.1. The molecule has 5 heteroatoms. The first-order chi connectivity index (χ1) is 8.63. The molecule has 1 N–H and O–H groups in total. The van der Waals surface area contributed by atoms with Gasteiger partial charge in [-0.05, 0) is 23.9 Å². The summed E-state index contributed by atoms with van der Waals surface area (Å²) >= 11 is 1.39. The first-order valence-electron chi connectivity index (χ1n) is 5.49. The molecule has 0 aliphatic carbocycles. The number of aryl methyl sites for hydroxylation is 1. The third kappa shape index (κ3) is 2.36. The fourth-order valence-corrected chi connectivity index (χ4v) is 2.74. The highest BCUT2D eigenvalue weighted by atomic mass is 32.1. The van der Waals surface area contributed by atoms with E-state index in [0.717, 1.165) is 15.6 Å². The second-order valence-electron chi connectivity index (χ2n) is 3.80. The van der Waals surface area contributed by atoms with Crippen LogP contribution < -0.4 is 5.32 Å². The van der Waals surface area contributed by atoms with Gasteiger partial charge in [-0.15, -0.1) is 11.3 Å². The third-order valence-electron chi connectivity index (χ3n) is 2.64. The van der Waals surface area contributed by atoms with Crippen LogP contribution in [0.2, 0.25) is 0 Å².